The number of aromatic nitrogens is 2. The van der Waals surface area contributed by atoms with Gasteiger partial charge in [0.05, 0.1) is 24.8 Å². The highest BCUT2D eigenvalue weighted by atomic mass is 19.1. The Morgan fingerprint density at radius 2 is 2.03 bits per heavy atom. The lowest BCUT2D eigenvalue weighted by atomic mass is 10.1. The van der Waals surface area contributed by atoms with Gasteiger partial charge in [-0.3, -0.25) is 14.4 Å². The van der Waals surface area contributed by atoms with E-state index in [-0.39, 0.29) is 41.9 Å². The van der Waals surface area contributed by atoms with Gasteiger partial charge in [0.25, 0.3) is 11.5 Å². The maximum Gasteiger partial charge on any atom is 0.270 e. The number of H-pyrrole nitrogens is 1. The molecule has 10 heteroatoms. The van der Waals surface area contributed by atoms with Crippen LogP contribution in [0.25, 0.3) is 0 Å². The standard InChI is InChI=1S/C21H26FN5O4/c1-26(2)11-17(29)27-9-3-4-16(27)19-24-18(15(12-28)20(30)25-19)21(31)23-10-13-5-7-14(22)8-6-13/h5-8,16,28H,3-4,9-12H2,1-2H3,(H,23,31)(H,24,25,30). The van der Waals surface area contributed by atoms with Crippen molar-refractivity contribution in [3.63, 3.8) is 0 Å². The van der Waals surface area contributed by atoms with Crippen LogP contribution in [0, 0.1) is 5.82 Å². The number of likely N-dealkylation sites (tertiary alicyclic amines) is 1. The van der Waals surface area contributed by atoms with Crippen molar-refractivity contribution in [3.8, 4) is 0 Å². The number of likely N-dealkylation sites (N-methyl/N-ethyl adjacent to an activating group) is 1. The number of benzene rings is 1. The molecule has 1 atom stereocenters. The van der Waals surface area contributed by atoms with Crippen LogP contribution in [0.1, 0.15) is 46.3 Å². The lowest BCUT2D eigenvalue weighted by molar-refractivity contribution is -0.132. The third kappa shape index (κ3) is 5.33. The number of carbonyl (C=O) groups excluding carboxylic acids is 2. The number of halogens is 1. The first-order valence-electron chi connectivity index (χ1n) is 10.0. The van der Waals surface area contributed by atoms with Crippen molar-refractivity contribution in [2.24, 2.45) is 0 Å². The first-order chi connectivity index (χ1) is 14.8. The van der Waals surface area contributed by atoms with Gasteiger partial charge in [0.2, 0.25) is 5.91 Å². The normalized spacial score (nSPS) is 16.0. The summed E-state index contributed by atoms with van der Waals surface area (Å²) in [7, 11) is 3.59. The van der Waals surface area contributed by atoms with Gasteiger partial charge in [-0.2, -0.15) is 0 Å². The predicted molar refractivity (Wildman–Crippen MR) is 111 cm³/mol. The number of aliphatic hydroxyl groups is 1. The number of carbonyl (C=O) groups is 2. The van der Waals surface area contributed by atoms with E-state index in [1.54, 1.807) is 23.9 Å². The smallest absolute Gasteiger partial charge is 0.270 e. The third-order valence-corrected chi connectivity index (χ3v) is 5.11. The summed E-state index contributed by atoms with van der Waals surface area (Å²) < 4.78 is 13.1. The molecule has 1 aliphatic heterocycles. The average molecular weight is 431 g/mol. The molecule has 1 unspecified atom stereocenters. The van der Waals surface area contributed by atoms with Crippen molar-refractivity contribution in [1.29, 1.82) is 0 Å². The number of rotatable bonds is 7. The second kappa shape index (κ2) is 9.80. The molecule has 2 aromatic rings. The molecule has 0 bridgehead atoms. The monoisotopic (exact) mass is 431 g/mol. The predicted octanol–water partition coefficient (Wildman–Crippen LogP) is 0.556. The minimum absolute atomic E-state index is 0.0938. The van der Waals surface area contributed by atoms with Crippen LogP contribution in [0.3, 0.4) is 0 Å². The molecule has 1 fully saturated rings. The highest BCUT2D eigenvalue weighted by Gasteiger charge is 2.33. The van der Waals surface area contributed by atoms with Crippen molar-refractivity contribution < 1.29 is 19.1 Å². The topological polar surface area (TPSA) is 119 Å². The molecule has 1 aromatic carbocycles. The van der Waals surface area contributed by atoms with E-state index in [4.69, 9.17) is 0 Å². The number of hydrogen-bond donors (Lipinski definition) is 3. The van der Waals surface area contributed by atoms with E-state index in [1.165, 1.54) is 24.3 Å². The van der Waals surface area contributed by atoms with Gasteiger partial charge in [0.15, 0.2) is 0 Å². The van der Waals surface area contributed by atoms with Crippen LogP contribution >= 0.6 is 0 Å². The summed E-state index contributed by atoms with van der Waals surface area (Å²) in [6.45, 7) is 0.204. The molecule has 31 heavy (non-hydrogen) atoms. The Kier molecular flexibility index (Phi) is 7.13. The van der Waals surface area contributed by atoms with Crippen LogP contribution in [0.4, 0.5) is 4.39 Å². The average Bonchev–Trinajstić information content (AvgIpc) is 3.22. The van der Waals surface area contributed by atoms with Crippen LogP contribution in [-0.2, 0) is 17.9 Å². The first kappa shape index (κ1) is 22.6. The van der Waals surface area contributed by atoms with E-state index in [0.29, 0.717) is 18.5 Å². The summed E-state index contributed by atoms with van der Waals surface area (Å²) in [5.41, 5.74) is -0.284. The molecule has 0 saturated carbocycles. The highest BCUT2D eigenvalue weighted by Crippen LogP contribution is 2.29. The quantitative estimate of drug-likeness (QED) is 0.589. The second-order valence-corrected chi connectivity index (χ2v) is 7.73. The summed E-state index contributed by atoms with van der Waals surface area (Å²) in [4.78, 5) is 48.2. The van der Waals surface area contributed by atoms with E-state index in [0.717, 1.165) is 6.42 Å². The molecule has 9 nitrogen and oxygen atoms in total. The molecule has 3 rings (SSSR count). The Balaban J connectivity index is 1.85. The molecule has 2 heterocycles. The number of aliphatic hydroxyl groups excluding tert-OH is 1. The Morgan fingerprint density at radius 3 is 2.68 bits per heavy atom. The Bertz CT molecular complexity index is 1010. The molecule has 1 saturated heterocycles. The fourth-order valence-corrected chi connectivity index (χ4v) is 3.59. The van der Waals surface area contributed by atoms with Crippen LogP contribution < -0.4 is 10.9 Å². The Hall–Kier alpha value is -3.11. The van der Waals surface area contributed by atoms with Crippen LogP contribution in [0.5, 0.6) is 0 Å². The molecule has 1 aliphatic rings. The molecular weight excluding hydrogens is 405 g/mol. The summed E-state index contributed by atoms with van der Waals surface area (Å²) >= 11 is 0. The van der Waals surface area contributed by atoms with Crippen LogP contribution in [0.15, 0.2) is 29.1 Å². The van der Waals surface area contributed by atoms with Gasteiger partial charge in [-0.15, -0.1) is 0 Å². The van der Waals surface area contributed by atoms with E-state index >= 15 is 0 Å². The minimum Gasteiger partial charge on any atom is -0.391 e. The number of hydrogen-bond acceptors (Lipinski definition) is 6. The van der Waals surface area contributed by atoms with Crippen molar-refractivity contribution in [1.82, 2.24) is 25.1 Å². The maximum atomic E-state index is 13.1. The first-order valence-corrected chi connectivity index (χ1v) is 10.0. The number of aromatic amines is 1. The fraction of sp³-hybridized carbons (Fsp3) is 0.429. The zero-order chi connectivity index (χ0) is 22.5. The summed E-state index contributed by atoms with van der Waals surface area (Å²) in [6, 6.07) is 5.18. The Labute approximate surface area is 178 Å². The van der Waals surface area contributed by atoms with Gasteiger partial charge >= 0.3 is 0 Å². The van der Waals surface area contributed by atoms with Gasteiger partial charge in [0, 0.05) is 13.1 Å². The van der Waals surface area contributed by atoms with Gasteiger partial charge in [-0.1, -0.05) is 12.1 Å². The van der Waals surface area contributed by atoms with E-state index in [1.807, 2.05) is 0 Å². The van der Waals surface area contributed by atoms with Gasteiger partial charge in [0.1, 0.15) is 17.3 Å². The van der Waals surface area contributed by atoms with E-state index in [9.17, 15) is 23.9 Å². The zero-order valence-corrected chi connectivity index (χ0v) is 17.5. The molecule has 0 aliphatic carbocycles. The minimum atomic E-state index is -0.657. The molecule has 1 aromatic heterocycles. The number of nitrogens with zero attached hydrogens (tertiary/aromatic N) is 3. The van der Waals surface area contributed by atoms with Crippen molar-refractivity contribution in [2.75, 3.05) is 27.2 Å². The Morgan fingerprint density at radius 1 is 1.32 bits per heavy atom. The molecular formula is C21H26FN5O4. The van der Waals surface area contributed by atoms with Gasteiger partial charge in [-0.25, -0.2) is 9.37 Å². The lowest BCUT2D eigenvalue weighted by Crippen LogP contribution is -2.39. The van der Waals surface area contributed by atoms with E-state index in [2.05, 4.69) is 15.3 Å². The number of amides is 2. The van der Waals surface area contributed by atoms with E-state index < -0.39 is 24.1 Å². The lowest BCUT2D eigenvalue weighted by Gasteiger charge is -2.25. The molecule has 166 valence electrons. The van der Waals surface area contributed by atoms with Crippen LogP contribution in [0.2, 0.25) is 0 Å². The molecule has 2 amide bonds. The third-order valence-electron chi connectivity index (χ3n) is 5.11. The molecule has 0 spiro atoms. The number of nitrogens with one attached hydrogen (secondary N) is 2. The fourth-order valence-electron chi connectivity index (χ4n) is 3.59. The highest BCUT2D eigenvalue weighted by molar-refractivity contribution is 5.93. The second-order valence-electron chi connectivity index (χ2n) is 7.73. The summed E-state index contributed by atoms with van der Waals surface area (Å²) in [6.07, 6.45) is 1.36. The van der Waals surface area contributed by atoms with Crippen molar-refractivity contribution in [2.45, 2.75) is 32.0 Å². The molecule has 0 radical (unpaired) electrons. The molecule has 3 N–H and O–H groups in total. The largest absolute Gasteiger partial charge is 0.391 e. The van der Waals surface area contributed by atoms with Gasteiger partial charge < -0.3 is 25.2 Å². The van der Waals surface area contributed by atoms with Crippen molar-refractivity contribution in [3.05, 3.63) is 63.1 Å². The SMILES string of the molecule is CN(C)CC(=O)N1CCCC1c1nc(C(=O)NCc2ccc(F)cc2)c(CO)c(=O)[nH]1. The van der Waals surface area contributed by atoms with Crippen molar-refractivity contribution >= 4 is 11.8 Å². The zero-order valence-electron chi connectivity index (χ0n) is 17.5. The van der Waals surface area contributed by atoms with Crippen LogP contribution in [-0.4, -0.2) is 63.9 Å². The summed E-state index contributed by atoms with van der Waals surface area (Å²) in [5, 5.41) is 12.2. The van der Waals surface area contributed by atoms with Gasteiger partial charge in [-0.05, 0) is 44.6 Å². The maximum absolute atomic E-state index is 13.1. The summed E-state index contributed by atoms with van der Waals surface area (Å²) in [5.74, 6) is -0.893.